The zero-order valence-electron chi connectivity index (χ0n) is 45.8. The first-order chi connectivity index (χ1) is 34.2. The van der Waals surface area contributed by atoms with Crippen LogP contribution in [0.25, 0.3) is 21.3 Å². The van der Waals surface area contributed by atoms with Crippen LogP contribution < -0.4 is 0 Å². The van der Waals surface area contributed by atoms with Crippen LogP contribution in [0, 0.1) is 47.3 Å². The van der Waals surface area contributed by atoms with Gasteiger partial charge in [-0.05, 0) is 101 Å². The summed E-state index contributed by atoms with van der Waals surface area (Å²) in [5.41, 5.74) is 1.12. The molecule has 9 unspecified atom stereocenters. The molecule has 0 spiro atoms. The molecule has 0 bridgehead atoms. The maximum Gasteiger partial charge on any atom is 2.00 e. The Morgan fingerprint density at radius 1 is 0.513 bits per heavy atom. The van der Waals surface area contributed by atoms with Crippen LogP contribution in [0.4, 0.5) is 0 Å². The molecule has 2 aliphatic carbocycles. The summed E-state index contributed by atoms with van der Waals surface area (Å²) in [4.78, 5) is 18.6. The fourth-order valence-corrected chi connectivity index (χ4v) is 12.1. The number of rotatable bonds is 17. The number of hydrogen-bond donors (Lipinski definition) is 4. The molecule has 5 saturated heterocycles. The van der Waals surface area contributed by atoms with Gasteiger partial charge in [0.2, 0.25) is 0 Å². The molecule has 16 nitrogen and oxygen atoms in total. The van der Waals surface area contributed by atoms with Gasteiger partial charge in [-0.15, -0.1) is 50.4 Å². The average Bonchev–Trinajstić information content (AvgIpc) is 3.39. The normalized spacial score (nSPS) is 31.8. The summed E-state index contributed by atoms with van der Waals surface area (Å²) in [7, 11) is 0. The molecule has 8 rings (SSSR count). The standard InChI is InChI=1S/C23H40N4O.C23H36N4O.C10H20N2O2.4Cu.2H2O/c2*1-18-14-19(16-24-12-8-21-6-2-4-10-26-21)23(28)20(15-18)17-25-13-9-22-7-3-5-11-27-22;13-11-5-1-9(2-6-11)10-3-7-12(14)8-4-10;;;;;;/h16-23,28H,2-15H2,1H3;2,4,6,16-20,22-23,28H,3,5,7-15H2,1H3;9-10,13-14H,1-8H2;;;;;2*1H2/q2*-2;;4*+2;;. The smallest absolute Gasteiger partial charge is 0.685 e. The van der Waals surface area contributed by atoms with Crippen LogP contribution in [0.2, 0.25) is 0 Å². The Kier molecular flexibility index (Phi) is 44.0. The van der Waals surface area contributed by atoms with Gasteiger partial charge in [0.15, 0.2) is 0 Å². The predicted molar refractivity (Wildman–Crippen MR) is 297 cm³/mol. The van der Waals surface area contributed by atoms with E-state index in [1.54, 1.807) is 0 Å². The van der Waals surface area contributed by atoms with E-state index in [9.17, 15) is 20.6 Å². The van der Waals surface area contributed by atoms with Gasteiger partial charge in [0, 0.05) is 101 Å². The number of hydrogen-bond acceptors (Lipinski definition) is 10. The zero-order chi connectivity index (χ0) is 49.2. The van der Waals surface area contributed by atoms with Crippen molar-refractivity contribution in [1.82, 2.24) is 10.1 Å². The van der Waals surface area contributed by atoms with Crippen molar-refractivity contribution in [1.29, 1.82) is 0 Å². The predicted octanol–water partition coefficient (Wildman–Crippen LogP) is 9.00. The van der Waals surface area contributed by atoms with E-state index >= 15 is 0 Å². The summed E-state index contributed by atoms with van der Waals surface area (Å²) >= 11 is 0. The van der Waals surface area contributed by atoms with Crippen LogP contribution in [-0.4, -0.2) is 175 Å². The monoisotopic (exact) mass is 1260 g/mol. The van der Waals surface area contributed by atoms with Crippen molar-refractivity contribution in [3.63, 3.8) is 0 Å². The number of allylic oxidation sites excluding steroid dienone is 2. The van der Waals surface area contributed by atoms with E-state index in [4.69, 9.17) is 0 Å². The third kappa shape index (κ3) is 29.0. The Labute approximate surface area is 501 Å². The average molecular weight is 1260 g/mol. The minimum Gasteiger partial charge on any atom is -0.685 e. The maximum absolute atomic E-state index is 10.8. The van der Waals surface area contributed by atoms with Crippen LogP contribution in [0.5, 0.6) is 0 Å². The molecule has 20 heteroatoms. The first kappa shape index (κ1) is 75.6. The van der Waals surface area contributed by atoms with Crippen molar-refractivity contribution in [2.75, 3.05) is 78.5 Å². The summed E-state index contributed by atoms with van der Waals surface area (Å²) in [5, 5.41) is 61.5. The Balaban J connectivity index is 0.00000112. The number of nitrogens with zero attached hydrogens (tertiary/aromatic N) is 10. The fourth-order valence-electron chi connectivity index (χ4n) is 12.1. The Bertz CT molecular complexity index is 1550. The van der Waals surface area contributed by atoms with E-state index in [-0.39, 0.29) is 115 Å². The second kappa shape index (κ2) is 44.2. The number of piperidine rings is 5. The van der Waals surface area contributed by atoms with Gasteiger partial charge in [0.1, 0.15) is 0 Å². The largest absolute Gasteiger partial charge is 2.00 e. The number of hydroxylamine groups is 4. The molecule has 4 radical (unpaired) electrons. The Morgan fingerprint density at radius 3 is 1.16 bits per heavy atom. The van der Waals surface area contributed by atoms with Gasteiger partial charge < -0.3 is 52.8 Å². The second-order valence-electron chi connectivity index (χ2n) is 22.3. The topological polar surface area (TPSA) is 256 Å². The number of aliphatic hydroxyl groups is 2. The van der Waals surface area contributed by atoms with Crippen molar-refractivity contribution in [3.8, 4) is 0 Å². The molecular weight excluding hydrogens is 1160 g/mol. The van der Waals surface area contributed by atoms with Crippen molar-refractivity contribution in [2.45, 2.75) is 179 Å². The van der Waals surface area contributed by atoms with E-state index < -0.39 is 0 Å². The number of aliphatic hydroxyl groups excluding tert-OH is 2. The van der Waals surface area contributed by atoms with Gasteiger partial charge in [0.25, 0.3) is 0 Å². The van der Waals surface area contributed by atoms with Crippen LogP contribution >= 0.6 is 0 Å². The molecule has 2 saturated carbocycles. The summed E-state index contributed by atoms with van der Waals surface area (Å²) < 4.78 is 0. The summed E-state index contributed by atoms with van der Waals surface area (Å²) in [5.74, 6) is 3.34. The molecule has 6 aliphatic heterocycles. The van der Waals surface area contributed by atoms with Crippen LogP contribution in [0.1, 0.15) is 149 Å². The molecule has 8 aliphatic rings. The minimum atomic E-state index is -0.371. The molecule has 0 amide bonds. The fraction of sp³-hybridized carbons (Fsp3) is 0.857. The van der Waals surface area contributed by atoms with Crippen LogP contribution in [0.15, 0.2) is 43.9 Å². The van der Waals surface area contributed by atoms with Crippen LogP contribution in [0.3, 0.4) is 0 Å². The zero-order valence-corrected chi connectivity index (χ0v) is 49.6. The second-order valence-corrected chi connectivity index (χ2v) is 22.3. The van der Waals surface area contributed by atoms with Crippen molar-refractivity contribution < 1.29 is 99.9 Å². The van der Waals surface area contributed by atoms with Gasteiger partial charge in [-0.1, -0.05) is 83.8 Å². The molecule has 9 atom stereocenters. The van der Waals surface area contributed by atoms with Crippen molar-refractivity contribution in [2.24, 2.45) is 67.3 Å². The Hall–Kier alpha value is -0.402. The molecular formula is C56H100Cu4N10O6+4. The van der Waals surface area contributed by atoms with E-state index in [0.717, 1.165) is 173 Å². The SMILES string of the molecule is CC1CC(C=NCCC2=CC=CC[N-]2)C(O)C(C=NCCC2CCCC[N-]2)C1.CC1CC(C=NCCC2CCCC[N-]2)C(O)C(C=NCCC2CCCC[N-]2)C1.O.O.ON1CCC(C2CCN(O)CC2)CC1.[Cu+2].[Cu+2].[Cu+2].[Cu+2]. The summed E-state index contributed by atoms with van der Waals surface area (Å²) in [6, 6.07) is 1.52. The first-order valence-electron chi connectivity index (χ1n) is 28.5. The molecule has 8 N–H and O–H groups in total. The van der Waals surface area contributed by atoms with Gasteiger partial charge in [-0.2, -0.15) is 15.8 Å². The molecule has 7 fully saturated rings. The molecule has 0 aromatic heterocycles. The van der Waals surface area contributed by atoms with Crippen molar-refractivity contribution in [3.05, 3.63) is 45.2 Å². The third-order valence-corrected chi connectivity index (χ3v) is 16.4. The van der Waals surface area contributed by atoms with E-state index in [2.05, 4.69) is 73.3 Å². The van der Waals surface area contributed by atoms with E-state index in [0.29, 0.717) is 30.0 Å². The molecule has 450 valence electrons. The minimum absolute atomic E-state index is 0. The van der Waals surface area contributed by atoms with E-state index in [1.807, 2.05) is 24.9 Å². The number of aliphatic imine (C=N–C) groups is 4. The van der Waals surface area contributed by atoms with Crippen molar-refractivity contribution >= 4 is 24.9 Å². The molecule has 0 aromatic carbocycles. The van der Waals surface area contributed by atoms with Crippen LogP contribution in [-0.2, 0) is 68.3 Å². The Morgan fingerprint density at radius 2 is 0.855 bits per heavy atom. The summed E-state index contributed by atoms with van der Waals surface area (Å²) in [6.45, 7) is 15.0. The van der Waals surface area contributed by atoms with Gasteiger partial charge >= 0.3 is 68.3 Å². The molecule has 6 heterocycles. The van der Waals surface area contributed by atoms with E-state index in [1.165, 1.54) is 67.9 Å². The summed E-state index contributed by atoms with van der Waals surface area (Å²) in [6.07, 6.45) is 37.5. The quantitative estimate of drug-likeness (QED) is 0.0816. The maximum atomic E-state index is 10.8. The third-order valence-electron chi connectivity index (χ3n) is 16.4. The van der Waals surface area contributed by atoms with Gasteiger partial charge in [-0.3, -0.25) is 20.0 Å². The first-order valence-corrected chi connectivity index (χ1v) is 28.5. The molecule has 76 heavy (non-hydrogen) atoms. The van der Waals surface area contributed by atoms with Gasteiger partial charge in [0.05, 0.1) is 12.2 Å². The van der Waals surface area contributed by atoms with Gasteiger partial charge in [-0.25, -0.2) is 0 Å². The molecule has 0 aromatic rings.